The fraction of sp³-hybridized carbons (Fsp3) is 0.440. The lowest BCUT2D eigenvalue weighted by atomic mass is 9.78. The molecular weight excluding hydrogens is 396 g/mol. The van der Waals surface area contributed by atoms with Gasteiger partial charge in [-0.25, -0.2) is 18.6 Å². The van der Waals surface area contributed by atoms with Crippen LogP contribution in [0.1, 0.15) is 70.9 Å². The Labute approximate surface area is 183 Å². The van der Waals surface area contributed by atoms with Crippen molar-refractivity contribution < 1.29 is 13.6 Å². The zero-order valence-electron chi connectivity index (χ0n) is 18.9. The minimum Gasteiger partial charge on any atom is -0.328 e. The summed E-state index contributed by atoms with van der Waals surface area (Å²) in [6, 6.07) is 12.2. The number of amides is 2. The van der Waals surface area contributed by atoms with Gasteiger partial charge in [-0.05, 0) is 75.9 Å². The highest BCUT2D eigenvalue weighted by molar-refractivity contribution is 5.96. The van der Waals surface area contributed by atoms with Crippen molar-refractivity contribution in [1.29, 1.82) is 0 Å². The van der Waals surface area contributed by atoms with E-state index in [0.717, 1.165) is 36.1 Å². The van der Waals surface area contributed by atoms with Crippen LogP contribution in [0.15, 0.2) is 53.6 Å². The van der Waals surface area contributed by atoms with Gasteiger partial charge in [-0.1, -0.05) is 37.6 Å². The number of hydrogen-bond acceptors (Lipinski definition) is 2. The van der Waals surface area contributed by atoms with E-state index in [1.165, 1.54) is 29.3 Å². The molecule has 1 atom stereocenters. The van der Waals surface area contributed by atoms with E-state index in [2.05, 4.69) is 12.2 Å². The first-order valence-electron chi connectivity index (χ1n) is 10.8. The van der Waals surface area contributed by atoms with Gasteiger partial charge in [0.05, 0.1) is 11.1 Å². The quantitative estimate of drug-likeness (QED) is 0.575. The zero-order valence-corrected chi connectivity index (χ0v) is 18.9. The lowest BCUT2D eigenvalue weighted by molar-refractivity contribution is 0.138. The van der Waals surface area contributed by atoms with Crippen LogP contribution in [0, 0.1) is 11.6 Å². The lowest BCUT2D eigenvalue weighted by Gasteiger charge is -2.37. The number of carbonyl (C=O) groups excluding carboxylic acids is 1. The summed E-state index contributed by atoms with van der Waals surface area (Å²) in [4.78, 5) is 13.3. The number of unbranched alkanes of at least 4 members (excludes halogenated alkanes) is 1. The van der Waals surface area contributed by atoms with E-state index in [0.29, 0.717) is 0 Å². The van der Waals surface area contributed by atoms with E-state index in [1.807, 2.05) is 27.7 Å². The SMILES string of the molecule is CCCCC1=NN(C(=O)NC(C)(C)c2ccc(F)cc2)C(C)(C)C1c1ccc(F)cc1. The van der Waals surface area contributed by atoms with Crippen molar-refractivity contribution in [2.45, 2.75) is 70.9 Å². The molecule has 0 aromatic heterocycles. The first-order chi connectivity index (χ1) is 14.6. The maximum Gasteiger partial charge on any atom is 0.339 e. The summed E-state index contributed by atoms with van der Waals surface area (Å²) in [5.41, 5.74) is 1.31. The van der Waals surface area contributed by atoms with Crippen LogP contribution in [0.3, 0.4) is 0 Å². The van der Waals surface area contributed by atoms with Crippen molar-refractivity contribution >= 4 is 11.7 Å². The molecular formula is C25H31F2N3O. The second-order valence-corrected chi connectivity index (χ2v) is 9.21. The van der Waals surface area contributed by atoms with E-state index < -0.39 is 11.1 Å². The van der Waals surface area contributed by atoms with Crippen molar-refractivity contribution in [2.75, 3.05) is 0 Å². The Balaban J connectivity index is 1.90. The van der Waals surface area contributed by atoms with E-state index in [1.54, 1.807) is 24.3 Å². The summed E-state index contributed by atoms with van der Waals surface area (Å²) in [6.07, 6.45) is 2.75. The number of hydrazone groups is 1. The molecule has 1 aliphatic heterocycles. The Bertz CT molecular complexity index is 950. The molecule has 6 heteroatoms. The second-order valence-electron chi connectivity index (χ2n) is 9.21. The molecule has 1 heterocycles. The van der Waals surface area contributed by atoms with Crippen LogP contribution in [0.25, 0.3) is 0 Å². The molecule has 1 unspecified atom stereocenters. The van der Waals surface area contributed by atoms with Crippen LogP contribution in [-0.2, 0) is 5.54 Å². The molecule has 2 aromatic carbocycles. The van der Waals surface area contributed by atoms with E-state index in [4.69, 9.17) is 5.10 Å². The van der Waals surface area contributed by atoms with Gasteiger partial charge in [-0.3, -0.25) is 0 Å². The summed E-state index contributed by atoms with van der Waals surface area (Å²) in [5, 5.41) is 9.29. The molecule has 0 bridgehead atoms. The minimum atomic E-state index is -0.714. The highest BCUT2D eigenvalue weighted by Gasteiger charge is 2.48. The Kier molecular flexibility index (Phi) is 6.48. The normalized spacial score (nSPS) is 18.1. The first-order valence-corrected chi connectivity index (χ1v) is 10.8. The van der Waals surface area contributed by atoms with Gasteiger partial charge in [0.1, 0.15) is 11.6 Å². The smallest absolute Gasteiger partial charge is 0.328 e. The Morgan fingerprint density at radius 2 is 1.61 bits per heavy atom. The summed E-state index contributed by atoms with van der Waals surface area (Å²) in [7, 11) is 0. The number of carbonyl (C=O) groups is 1. The third-order valence-corrected chi connectivity index (χ3v) is 5.98. The maximum atomic E-state index is 13.5. The number of halogens is 2. The molecule has 3 rings (SSSR count). The second kappa shape index (κ2) is 8.77. The molecule has 0 saturated heterocycles. The third-order valence-electron chi connectivity index (χ3n) is 5.98. The standard InChI is InChI=1S/C25H31F2N3O/c1-6-7-8-21-22(17-9-13-19(26)14-10-17)25(4,5)30(29-21)23(31)28-24(2,3)18-11-15-20(27)16-12-18/h9-16,22H,6-8H2,1-5H3,(H,28,31). The van der Waals surface area contributed by atoms with Crippen molar-refractivity contribution in [3.05, 3.63) is 71.3 Å². The maximum absolute atomic E-state index is 13.5. The van der Waals surface area contributed by atoms with E-state index in [-0.39, 0.29) is 23.6 Å². The van der Waals surface area contributed by atoms with Gasteiger partial charge in [0.2, 0.25) is 0 Å². The molecule has 0 aliphatic carbocycles. The number of benzene rings is 2. The van der Waals surface area contributed by atoms with Gasteiger partial charge in [0.15, 0.2) is 0 Å². The lowest BCUT2D eigenvalue weighted by Crippen LogP contribution is -2.53. The van der Waals surface area contributed by atoms with Crippen LogP contribution >= 0.6 is 0 Å². The van der Waals surface area contributed by atoms with E-state index in [9.17, 15) is 13.6 Å². The van der Waals surface area contributed by atoms with E-state index >= 15 is 0 Å². The average Bonchev–Trinajstić information content (AvgIpc) is 2.97. The molecule has 166 valence electrons. The molecule has 0 radical (unpaired) electrons. The monoisotopic (exact) mass is 427 g/mol. The fourth-order valence-corrected chi connectivity index (χ4v) is 4.22. The van der Waals surface area contributed by atoms with Crippen LogP contribution in [-0.4, -0.2) is 22.3 Å². The number of nitrogens with one attached hydrogen (secondary N) is 1. The molecule has 2 amide bonds. The van der Waals surface area contributed by atoms with Gasteiger partial charge in [0.25, 0.3) is 0 Å². The van der Waals surface area contributed by atoms with Crippen LogP contribution in [0.4, 0.5) is 13.6 Å². The van der Waals surface area contributed by atoms with Crippen molar-refractivity contribution in [3.8, 4) is 0 Å². The van der Waals surface area contributed by atoms with Crippen LogP contribution in [0.5, 0.6) is 0 Å². The largest absolute Gasteiger partial charge is 0.339 e. The summed E-state index contributed by atoms with van der Waals surface area (Å²) >= 11 is 0. The number of rotatable bonds is 6. The number of nitrogens with zero attached hydrogens (tertiary/aromatic N) is 2. The van der Waals surface area contributed by atoms with Crippen molar-refractivity contribution in [2.24, 2.45) is 5.10 Å². The average molecular weight is 428 g/mol. The Morgan fingerprint density at radius 3 is 2.16 bits per heavy atom. The predicted octanol–water partition coefficient (Wildman–Crippen LogP) is 6.33. The minimum absolute atomic E-state index is 0.126. The van der Waals surface area contributed by atoms with Crippen LogP contribution in [0.2, 0.25) is 0 Å². The first kappa shape index (κ1) is 22.9. The molecule has 0 spiro atoms. The third kappa shape index (κ3) is 4.78. The Hall–Kier alpha value is -2.76. The molecule has 0 fully saturated rings. The summed E-state index contributed by atoms with van der Waals surface area (Å²) in [5.74, 6) is -0.736. The van der Waals surface area contributed by atoms with Crippen molar-refractivity contribution in [1.82, 2.24) is 10.3 Å². The van der Waals surface area contributed by atoms with Gasteiger partial charge in [-0.15, -0.1) is 0 Å². The molecule has 0 saturated carbocycles. The van der Waals surface area contributed by atoms with Gasteiger partial charge >= 0.3 is 6.03 Å². The summed E-state index contributed by atoms with van der Waals surface area (Å²) in [6.45, 7) is 9.83. The Morgan fingerprint density at radius 1 is 1.06 bits per heavy atom. The van der Waals surface area contributed by atoms with Gasteiger partial charge in [-0.2, -0.15) is 5.10 Å². The molecule has 1 N–H and O–H groups in total. The predicted molar refractivity (Wildman–Crippen MR) is 120 cm³/mol. The molecule has 1 aliphatic rings. The molecule has 2 aromatic rings. The topological polar surface area (TPSA) is 44.7 Å². The van der Waals surface area contributed by atoms with Gasteiger partial charge < -0.3 is 5.32 Å². The highest BCUT2D eigenvalue weighted by atomic mass is 19.1. The number of hydrogen-bond donors (Lipinski definition) is 1. The number of urea groups is 1. The van der Waals surface area contributed by atoms with Crippen LogP contribution < -0.4 is 5.32 Å². The highest BCUT2D eigenvalue weighted by Crippen LogP contribution is 2.41. The van der Waals surface area contributed by atoms with Crippen molar-refractivity contribution in [3.63, 3.8) is 0 Å². The van der Waals surface area contributed by atoms with Gasteiger partial charge in [0, 0.05) is 11.6 Å². The zero-order chi connectivity index (χ0) is 22.8. The fourth-order valence-electron chi connectivity index (χ4n) is 4.22. The molecule has 31 heavy (non-hydrogen) atoms. The summed E-state index contributed by atoms with van der Waals surface area (Å²) < 4.78 is 26.8. The molecule has 4 nitrogen and oxygen atoms in total.